The molecule has 1 heterocycles. The summed E-state index contributed by atoms with van der Waals surface area (Å²) in [5.41, 5.74) is 4.80. The number of rotatable bonds is 9. The molecule has 0 aliphatic heterocycles. The third kappa shape index (κ3) is 5.66. The van der Waals surface area contributed by atoms with E-state index in [1.54, 1.807) is 12.1 Å². The quantitative estimate of drug-likeness (QED) is 0.416. The monoisotopic (exact) mass is 473 g/mol. The van der Waals surface area contributed by atoms with E-state index in [1.807, 2.05) is 43.3 Å². The Kier molecular flexibility index (Phi) is 7.40. The first-order chi connectivity index (χ1) is 16.9. The predicted octanol–water partition coefficient (Wildman–Crippen LogP) is 4.67. The van der Waals surface area contributed by atoms with Crippen molar-refractivity contribution >= 4 is 23.7 Å². The molecule has 1 aliphatic rings. The van der Waals surface area contributed by atoms with Gasteiger partial charge in [-0.1, -0.05) is 55.5 Å². The average Bonchev–Trinajstić information content (AvgIpc) is 3.16. The number of aromatic nitrogens is 1. The fraction of sp³-hybridized carbons (Fsp3) is 0.259. The van der Waals surface area contributed by atoms with Gasteiger partial charge in [0, 0.05) is 25.1 Å². The van der Waals surface area contributed by atoms with Gasteiger partial charge in [-0.05, 0) is 46.7 Å². The van der Waals surface area contributed by atoms with Gasteiger partial charge in [0.15, 0.2) is 5.69 Å². The molecule has 2 amide bonds. The lowest BCUT2D eigenvalue weighted by Crippen LogP contribution is -2.28. The molecule has 8 nitrogen and oxygen atoms in total. The van der Waals surface area contributed by atoms with E-state index in [0.29, 0.717) is 13.0 Å². The van der Waals surface area contributed by atoms with Crippen molar-refractivity contribution in [2.75, 3.05) is 18.5 Å². The second-order valence-electron chi connectivity index (χ2n) is 8.60. The van der Waals surface area contributed by atoms with Gasteiger partial charge in [0.2, 0.25) is 0 Å². The van der Waals surface area contributed by atoms with Gasteiger partial charge in [0.1, 0.15) is 6.61 Å². The van der Waals surface area contributed by atoms with E-state index in [-0.39, 0.29) is 36.2 Å². The van der Waals surface area contributed by atoms with Gasteiger partial charge in [-0.3, -0.25) is 14.9 Å². The maximum atomic E-state index is 12.6. The number of pyridine rings is 1. The van der Waals surface area contributed by atoms with E-state index >= 15 is 0 Å². The number of aliphatic carboxylic acids is 1. The van der Waals surface area contributed by atoms with Crippen molar-refractivity contribution in [2.24, 2.45) is 5.92 Å². The van der Waals surface area contributed by atoms with Crippen molar-refractivity contribution in [3.05, 3.63) is 83.7 Å². The smallest absolute Gasteiger partial charge is 0.411 e. The van der Waals surface area contributed by atoms with E-state index in [2.05, 4.69) is 27.8 Å². The molecule has 3 N–H and O–H groups in total. The van der Waals surface area contributed by atoms with Crippen LogP contribution in [0.1, 0.15) is 47.3 Å². The highest BCUT2D eigenvalue weighted by Crippen LogP contribution is 2.44. The van der Waals surface area contributed by atoms with Crippen LogP contribution in [0.2, 0.25) is 0 Å². The molecule has 0 saturated carbocycles. The number of fused-ring (bicyclic) bond motifs is 3. The van der Waals surface area contributed by atoms with Crippen LogP contribution in [0.4, 0.5) is 10.5 Å². The van der Waals surface area contributed by atoms with E-state index in [0.717, 1.165) is 22.3 Å². The van der Waals surface area contributed by atoms with Crippen LogP contribution in [0.15, 0.2) is 66.9 Å². The highest BCUT2D eigenvalue weighted by molar-refractivity contribution is 6.00. The van der Waals surface area contributed by atoms with Gasteiger partial charge in [-0.25, -0.2) is 9.78 Å². The summed E-state index contributed by atoms with van der Waals surface area (Å²) >= 11 is 0. The van der Waals surface area contributed by atoms with Gasteiger partial charge < -0.3 is 15.2 Å². The van der Waals surface area contributed by atoms with Crippen LogP contribution in [0, 0.1) is 5.92 Å². The van der Waals surface area contributed by atoms with Crippen LogP contribution in [-0.4, -0.2) is 41.2 Å². The fourth-order valence-electron chi connectivity index (χ4n) is 4.35. The Labute approximate surface area is 203 Å². The van der Waals surface area contributed by atoms with Gasteiger partial charge in [0.05, 0.1) is 5.69 Å². The molecule has 1 aliphatic carbocycles. The average molecular weight is 474 g/mol. The maximum absolute atomic E-state index is 12.6. The SMILES string of the molecule is CC(CCNC(=O)c1ncccc1NC(=O)OCC1c2ccccc2-c2ccccc21)CC(=O)O. The number of benzene rings is 2. The van der Waals surface area contributed by atoms with E-state index in [9.17, 15) is 14.4 Å². The van der Waals surface area contributed by atoms with E-state index in [4.69, 9.17) is 9.84 Å². The van der Waals surface area contributed by atoms with Crippen LogP contribution in [0.5, 0.6) is 0 Å². The van der Waals surface area contributed by atoms with Crippen LogP contribution in [-0.2, 0) is 9.53 Å². The summed E-state index contributed by atoms with van der Waals surface area (Å²) in [7, 11) is 0. The van der Waals surface area contributed by atoms with Crippen molar-refractivity contribution in [3.8, 4) is 11.1 Å². The van der Waals surface area contributed by atoms with Gasteiger partial charge >= 0.3 is 12.1 Å². The summed E-state index contributed by atoms with van der Waals surface area (Å²) < 4.78 is 5.56. The summed E-state index contributed by atoms with van der Waals surface area (Å²) in [6, 6.07) is 19.3. The first-order valence-corrected chi connectivity index (χ1v) is 11.5. The van der Waals surface area contributed by atoms with Gasteiger partial charge in [-0.2, -0.15) is 0 Å². The number of hydrogen-bond donors (Lipinski definition) is 3. The van der Waals surface area contributed by atoms with Crippen LogP contribution in [0.25, 0.3) is 11.1 Å². The topological polar surface area (TPSA) is 118 Å². The van der Waals surface area contributed by atoms with Crippen LogP contribution < -0.4 is 10.6 Å². The number of hydrogen-bond acceptors (Lipinski definition) is 5. The Hall–Kier alpha value is -4.20. The normalized spacial score (nSPS) is 12.8. The summed E-state index contributed by atoms with van der Waals surface area (Å²) in [4.78, 5) is 40.1. The number of nitrogens with zero attached hydrogens (tertiary/aromatic N) is 1. The largest absolute Gasteiger partial charge is 0.481 e. The minimum Gasteiger partial charge on any atom is -0.481 e. The lowest BCUT2D eigenvalue weighted by molar-refractivity contribution is -0.138. The van der Waals surface area contributed by atoms with E-state index in [1.165, 1.54) is 6.20 Å². The Morgan fingerprint density at radius 1 is 1.00 bits per heavy atom. The fourth-order valence-corrected chi connectivity index (χ4v) is 4.35. The summed E-state index contributed by atoms with van der Waals surface area (Å²) in [6.07, 6.45) is 1.34. The van der Waals surface area contributed by atoms with Crippen molar-refractivity contribution < 1.29 is 24.2 Å². The number of carbonyl (C=O) groups excluding carboxylic acids is 2. The molecule has 1 unspecified atom stereocenters. The predicted molar refractivity (Wildman–Crippen MR) is 131 cm³/mol. The Morgan fingerprint density at radius 2 is 1.66 bits per heavy atom. The summed E-state index contributed by atoms with van der Waals surface area (Å²) in [6.45, 7) is 2.27. The lowest BCUT2D eigenvalue weighted by atomic mass is 9.98. The standard InChI is InChI=1S/C27H27N3O5/c1-17(15-24(31)32)12-14-29-26(33)25-23(11-6-13-28-25)30-27(34)35-16-22-20-9-4-2-7-18(20)19-8-3-5-10-21(19)22/h2-11,13,17,22H,12,14-16H2,1H3,(H,29,33)(H,30,34)(H,31,32). The molecule has 0 fully saturated rings. The van der Waals surface area contributed by atoms with Crippen molar-refractivity contribution in [1.82, 2.24) is 10.3 Å². The molecule has 8 heteroatoms. The van der Waals surface area contributed by atoms with Gasteiger partial charge in [-0.15, -0.1) is 0 Å². The highest BCUT2D eigenvalue weighted by Gasteiger charge is 2.29. The summed E-state index contributed by atoms with van der Waals surface area (Å²) in [5.74, 6) is -1.47. The maximum Gasteiger partial charge on any atom is 0.411 e. The molecule has 4 rings (SSSR count). The zero-order chi connectivity index (χ0) is 24.8. The molecule has 2 aromatic carbocycles. The summed E-state index contributed by atoms with van der Waals surface area (Å²) in [5, 5.41) is 14.2. The number of anilines is 1. The highest BCUT2D eigenvalue weighted by atomic mass is 16.5. The molecule has 0 bridgehead atoms. The molecule has 0 spiro atoms. The first-order valence-electron chi connectivity index (χ1n) is 11.5. The number of carboxylic acid groups (broad SMARTS) is 1. The van der Waals surface area contributed by atoms with Crippen molar-refractivity contribution in [2.45, 2.75) is 25.7 Å². The lowest BCUT2D eigenvalue weighted by Gasteiger charge is -2.15. The zero-order valence-electron chi connectivity index (χ0n) is 19.4. The molecule has 0 radical (unpaired) electrons. The molecule has 0 saturated heterocycles. The third-order valence-electron chi connectivity index (χ3n) is 6.05. The number of nitrogens with one attached hydrogen (secondary N) is 2. The van der Waals surface area contributed by atoms with Crippen molar-refractivity contribution in [3.63, 3.8) is 0 Å². The van der Waals surface area contributed by atoms with Crippen LogP contribution >= 0.6 is 0 Å². The minimum atomic E-state index is -0.872. The van der Waals surface area contributed by atoms with Crippen molar-refractivity contribution in [1.29, 1.82) is 0 Å². The first kappa shape index (κ1) is 23.9. The third-order valence-corrected chi connectivity index (χ3v) is 6.05. The second-order valence-corrected chi connectivity index (χ2v) is 8.60. The number of carbonyl (C=O) groups is 3. The molecule has 1 atom stereocenters. The minimum absolute atomic E-state index is 0.0358. The Balaban J connectivity index is 1.36. The molecular formula is C27H27N3O5. The molecule has 1 aromatic heterocycles. The Bertz CT molecular complexity index is 1200. The van der Waals surface area contributed by atoms with E-state index < -0.39 is 18.0 Å². The zero-order valence-corrected chi connectivity index (χ0v) is 19.4. The molecular weight excluding hydrogens is 446 g/mol. The molecule has 180 valence electrons. The number of amides is 2. The molecule has 3 aromatic rings. The number of carboxylic acids is 1. The van der Waals surface area contributed by atoms with Gasteiger partial charge in [0.25, 0.3) is 5.91 Å². The second kappa shape index (κ2) is 10.8. The Morgan fingerprint density at radius 3 is 2.31 bits per heavy atom. The molecule has 35 heavy (non-hydrogen) atoms. The van der Waals surface area contributed by atoms with Crippen LogP contribution in [0.3, 0.4) is 0 Å². The number of ether oxygens (including phenoxy) is 1.